The lowest BCUT2D eigenvalue weighted by Crippen LogP contribution is -2.50. The number of carbonyl (C=O) groups excluding carboxylic acids is 1. The number of likely N-dealkylation sites (N-methyl/N-ethyl adjacent to an activating group) is 1. The Morgan fingerprint density at radius 1 is 0.973 bits per heavy atom. The van der Waals surface area contributed by atoms with Crippen molar-refractivity contribution in [1.29, 1.82) is 0 Å². The van der Waals surface area contributed by atoms with Crippen LogP contribution in [0.3, 0.4) is 0 Å². The summed E-state index contributed by atoms with van der Waals surface area (Å²) in [5.74, 6) is -0.222. The maximum absolute atomic E-state index is 13.8. The molecule has 0 aromatic heterocycles. The molecule has 2 aromatic carbocycles. The molecule has 12 heteroatoms. The second kappa shape index (κ2) is 11.5. The van der Waals surface area contributed by atoms with Crippen molar-refractivity contribution in [2.24, 2.45) is 0 Å². The standard InChI is InChI=1S/C25H30Cl2F3N3O3S/c1-24(20-8-9-21(26)22(27)16-20,10-11-32-12-14-33(15-13-32)37(3,35)36)23(34)31(2)17-18-4-6-19(7-5-18)25(28,29)30/h4-9,16H,10-15,17H2,1-3H3. The van der Waals surface area contributed by atoms with Crippen LogP contribution in [-0.2, 0) is 33.0 Å². The predicted molar refractivity (Wildman–Crippen MR) is 139 cm³/mol. The van der Waals surface area contributed by atoms with Gasteiger partial charge >= 0.3 is 6.18 Å². The number of nitrogens with zero attached hydrogens (tertiary/aromatic N) is 3. The molecule has 1 saturated heterocycles. The Balaban J connectivity index is 1.79. The topological polar surface area (TPSA) is 60.9 Å². The van der Waals surface area contributed by atoms with E-state index >= 15 is 0 Å². The summed E-state index contributed by atoms with van der Waals surface area (Å²) in [7, 11) is -1.64. The monoisotopic (exact) mass is 579 g/mol. The maximum atomic E-state index is 13.8. The third-order valence-electron chi connectivity index (χ3n) is 6.80. The van der Waals surface area contributed by atoms with Crippen LogP contribution in [0, 0.1) is 0 Å². The van der Waals surface area contributed by atoms with E-state index in [1.807, 2.05) is 6.92 Å². The zero-order valence-electron chi connectivity index (χ0n) is 20.9. The van der Waals surface area contributed by atoms with Gasteiger partial charge in [-0.1, -0.05) is 41.4 Å². The number of carbonyl (C=O) groups is 1. The molecule has 0 aliphatic carbocycles. The number of sulfonamides is 1. The van der Waals surface area contributed by atoms with Crippen molar-refractivity contribution in [3.63, 3.8) is 0 Å². The van der Waals surface area contributed by atoms with E-state index in [1.54, 1.807) is 25.2 Å². The van der Waals surface area contributed by atoms with E-state index in [0.717, 1.165) is 12.1 Å². The van der Waals surface area contributed by atoms with E-state index in [4.69, 9.17) is 23.2 Å². The van der Waals surface area contributed by atoms with Crippen molar-refractivity contribution in [1.82, 2.24) is 14.1 Å². The average molecular weight is 581 g/mol. The van der Waals surface area contributed by atoms with Crippen molar-refractivity contribution in [3.05, 3.63) is 69.2 Å². The predicted octanol–water partition coefficient (Wildman–Crippen LogP) is 4.90. The second-order valence-electron chi connectivity index (χ2n) is 9.57. The Kier molecular flexibility index (Phi) is 9.22. The highest BCUT2D eigenvalue weighted by molar-refractivity contribution is 7.88. The van der Waals surface area contributed by atoms with Gasteiger partial charge in [-0.15, -0.1) is 0 Å². The van der Waals surface area contributed by atoms with Gasteiger partial charge in [0.2, 0.25) is 15.9 Å². The Bertz CT molecular complexity index is 1220. The molecule has 1 fully saturated rings. The van der Waals surface area contributed by atoms with Gasteiger partial charge in [-0.2, -0.15) is 17.5 Å². The fraction of sp³-hybridized carbons (Fsp3) is 0.480. The molecule has 0 spiro atoms. The highest BCUT2D eigenvalue weighted by Crippen LogP contribution is 2.35. The lowest BCUT2D eigenvalue weighted by atomic mass is 9.77. The van der Waals surface area contributed by atoms with Crippen molar-refractivity contribution in [3.8, 4) is 0 Å². The molecule has 1 atom stereocenters. The van der Waals surface area contributed by atoms with Crippen LogP contribution in [0.25, 0.3) is 0 Å². The number of alkyl halides is 3. The minimum absolute atomic E-state index is 0.126. The molecular weight excluding hydrogens is 550 g/mol. The minimum atomic E-state index is -4.43. The highest BCUT2D eigenvalue weighted by atomic mass is 35.5. The summed E-state index contributed by atoms with van der Waals surface area (Å²) in [5.41, 5.74) is -0.525. The summed E-state index contributed by atoms with van der Waals surface area (Å²) in [6.45, 7) is 4.31. The molecule has 0 radical (unpaired) electrons. The Hall–Kier alpha value is -1.85. The Labute approximate surface area is 226 Å². The average Bonchev–Trinajstić information content (AvgIpc) is 2.83. The fourth-order valence-corrected chi connectivity index (χ4v) is 5.57. The first-order chi connectivity index (χ1) is 17.1. The van der Waals surface area contributed by atoms with Gasteiger partial charge in [0.05, 0.1) is 27.3 Å². The fourth-order valence-electron chi connectivity index (χ4n) is 4.45. The molecule has 1 aliphatic rings. The van der Waals surface area contributed by atoms with E-state index in [-0.39, 0.29) is 12.5 Å². The van der Waals surface area contributed by atoms with E-state index in [0.29, 0.717) is 60.3 Å². The van der Waals surface area contributed by atoms with Crippen LogP contribution in [-0.4, -0.2) is 74.5 Å². The summed E-state index contributed by atoms with van der Waals surface area (Å²) >= 11 is 12.4. The van der Waals surface area contributed by atoms with Gasteiger partial charge in [0, 0.05) is 39.8 Å². The van der Waals surface area contributed by atoms with Crippen LogP contribution in [0.1, 0.15) is 30.0 Å². The molecule has 2 aromatic rings. The second-order valence-corrected chi connectivity index (χ2v) is 12.4. The van der Waals surface area contributed by atoms with E-state index < -0.39 is 27.2 Å². The largest absolute Gasteiger partial charge is 0.416 e. The first kappa shape index (κ1) is 29.7. The van der Waals surface area contributed by atoms with E-state index in [1.165, 1.54) is 27.6 Å². The molecule has 0 bridgehead atoms. The Morgan fingerprint density at radius 3 is 2.05 bits per heavy atom. The number of hydrogen-bond acceptors (Lipinski definition) is 4. The molecular formula is C25H30Cl2F3N3O3S. The first-order valence-corrected chi connectivity index (χ1v) is 14.3. The summed E-state index contributed by atoms with van der Waals surface area (Å²) in [6.07, 6.45) is -2.82. The lowest BCUT2D eigenvalue weighted by Gasteiger charge is -2.38. The molecule has 37 heavy (non-hydrogen) atoms. The maximum Gasteiger partial charge on any atom is 0.416 e. The van der Waals surface area contributed by atoms with Crippen LogP contribution in [0.15, 0.2) is 42.5 Å². The third kappa shape index (κ3) is 7.38. The van der Waals surface area contributed by atoms with Gasteiger partial charge in [-0.25, -0.2) is 8.42 Å². The zero-order chi connectivity index (χ0) is 27.6. The number of amides is 1. The first-order valence-electron chi connectivity index (χ1n) is 11.7. The Morgan fingerprint density at radius 2 is 1.54 bits per heavy atom. The van der Waals surface area contributed by atoms with Crippen LogP contribution >= 0.6 is 23.2 Å². The van der Waals surface area contributed by atoms with Crippen LogP contribution in [0.4, 0.5) is 13.2 Å². The summed E-state index contributed by atoms with van der Waals surface area (Å²) in [5, 5.41) is 0.667. The van der Waals surface area contributed by atoms with E-state index in [2.05, 4.69) is 4.90 Å². The van der Waals surface area contributed by atoms with Gasteiger partial charge in [0.15, 0.2) is 0 Å². The number of hydrogen-bond donors (Lipinski definition) is 0. The highest BCUT2D eigenvalue weighted by Gasteiger charge is 2.38. The molecule has 0 N–H and O–H groups in total. The van der Waals surface area contributed by atoms with Crippen LogP contribution in [0.5, 0.6) is 0 Å². The number of halogens is 5. The molecule has 204 valence electrons. The number of benzene rings is 2. The molecule has 1 aliphatic heterocycles. The summed E-state index contributed by atoms with van der Waals surface area (Å²) in [6, 6.07) is 9.78. The SMILES string of the molecule is CN(Cc1ccc(C(F)(F)F)cc1)C(=O)C(C)(CCN1CCN(S(C)(=O)=O)CC1)c1ccc(Cl)c(Cl)c1. The molecule has 3 rings (SSSR count). The number of piperazine rings is 1. The molecule has 6 nitrogen and oxygen atoms in total. The van der Waals surface area contributed by atoms with Crippen molar-refractivity contribution >= 4 is 39.1 Å². The zero-order valence-corrected chi connectivity index (χ0v) is 23.2. The van der Waals surface area contributed by atoms with Gasteiger partial charge in [0.1, 0.15) is 0 Å². The minimum Gasteiger partial charge on any atom is -0.341 e. The summed E-state index contributed by atoms with van der Waals surface area (Å²) in [4.78, 5) is 17.4. The van der Waals surface area contributed by atoms with Gasteiger partial charge in [0.25, 0.3) is 0 Å². The normalized spacial score (nSPS) is 17.4. The molecule has 1 amide bonds. The van der Waals surface area contributed by atoms with Crippen molar-refractivity contribution < 1.29 is 26.4 Å². The smallest absolute Gasteiger partial charge is 0.341 e. The summed E-state index contributed by atoms with van der Waals surface area (Å²) < 4.78 is 63.8. The quantitative estimate of drug-likeness (QED) is 0.446. The molecule has 1 heterocycles. The van der Waals surface area contributed by atoms with Crippen molar-refractivity contribution in [2.75, 3.05) is 46.0 Å². The lowest BCUT2D eigenvalue weighted by molar-refractivity contribution is -0.138. The molecule has 1 unspecified atom stereocenters. The van der Waals surface area contributed by atoms with Crippen LogP contribution < -0.4 is 0 Å². The number of rotatable bonds is 8. The van der Waals surface area contributed by atoms with Gasteiger partial charge in [-0.05, 0) is 55.3 Å². The van der Waals surface area contributed by atoms with Gasteiger partial charge < -0.3 is 9.80 Å². The van der Waals surface area contributed by atoms with E-state index in [9.17, 15) is 26.4 Å². The van der Waals surface area contributed by atoms with Gasteiger partial charge in [-0.3, -0.25) is 4.79 Å². The van der Waals surface area contributed by atoms with Crippen molar-refractivity contribution in [2.45, 2.75) is 31.5 Å². The molecule has 0 saturated carbocycles. The van der Waals surface area contributed by atoms with Crippen LogP contribution in [0.2, 0.25) is 10.0 Å². The third-order valence-corrected chi connectivity index (χ3v) is 8.85.